The van der Waals surface area contributed by atoms with Gasteiger partial charge in [-0.15, -0.1) is 0 Å². The van der Waals surface area contributed by atoms with Crippen LogP contribution in [0.1, 0.15) is 10.4 Å². The largest absolute Gasteiger partial charge is 0.366 e. The first-order chi connectivity index (χ1) is 5.13. The number of rotatable bonds is 1. The fourth-order valence-electron chi connectivity index (χ4n) is 0.609. The highest BCUT2D eigenvalue weighted by atomic mass is 127. The van der Waals surface area contributed by atoms with E-state index in [0.29, 0.717) is 0 Å². The van der Waals surface area contributed by atoms with Crippen molar-refractivity contribution in [3.63, 3.8) is 0 Å². The van der Waals surface area contributed by atoms with Gasteiger partial charge in [0, 0.05) is 6.20 Å². The quantitative estimate of drug-likeness (QED) is 0.607. The molecule has 1 aromatic heterocycles. The highest BCUT2D eigenvalue weighted by molar-refractivity contribution is 14.1. The molecule has 1 heterocycles. The molecule has 2 N–H and O–H groups in total. The molecule has 11 heavy (non-hydrogen) atoms. The highest BCUT2D eigenvalue weighted by Gasteiger charge is 2.10. The third-order valence-electron chi connectivity index (χ3n) is 1.11. The van der Waals surface area contributed by atoms with Gasteiger partial charge in [0.05, 0.1) is 5.56 Å². The number of pyridine rings is 1. The lowest BCUT2D eigenvalue weighted by Gasteiger charge is -1.97. The molecule has 0 saturated heterocycles. The molecule has 0 aliphatic carbocycles. The lowest BCUT2D eigenvalue weighted by molar-refractivity contribution is 0.0996. The molecule has 0 atom stereocenters. The number of nitrogens with two attached hydrogens (primary N) is 1. The summed E-state index contributed by atoms with van der Waals surface area (Å²) in [5, 5.41) is 0. The first-order valence-electron chi connectivity index (χ1n) is 2.72. The van der Waals surface area contributed by atoms with E-state index in [-0.39, 0.29) is 9.26 Å². The predicted octanol–water partition coefficient (Wildman–Crippen LogP) is 0.924. The Balaban J connectivity index is 3.27. The second kappa shape index (κ2) is 3.12. The smallest absolute Gasteiger partial charge is 0.251 e. The Labute approximate surface area is 75.9 Å². The average Bonchev–Trinajstić information content (AvgIpc) is 1.94. The third-order valence-corrected chi connectivity index (χ3v) is 1.86. The summed E-state index contributed by atoms with van der Waals surface area (Å²) in [5.74, 6) is -1.43. The zero-order valence-corrected chi connectivity index (χ0v) is 7.50. The third kappa shape index (κ3) is 1.65. The van der Waals surface area contributed by atoms with E-state index < -0.39 is 11.7 Å². The van der Waals surface area contributed by atoms with Crippen molar-refractivity contribution < 1.29 is 9.18 Å². The van der Waals surface area contributed by atoms with Crippen LogP contribution in [0.2, 0.25) is 0 Å². The molecule has 0 saturated carbocycles. The SMILES string of the molecule is NC(=O)c1ccnc(I)c1F. The van der Waals surface area contributed by atoms with Crippen LogP contribution in [0.15, 0.2) is 12.3 Å². The van der Waals surface area contributed by atoms with Gasteiger partial charge in [0.25, 0.3) is 5.91 Å². The van der Waals surface area contributed by atoms with E-state index >= 15 is 0 Å². The van der Waals surface area contributed by atoms with Crippen molar-refractivity contribution in [2.75, 3.05) is 0 Å². The molecule has 0 spiro atoms. The van der Waals surface area contributed by atoms with Gasteiger partial charge in [0.15, 0.2) is 5.82 Å². The molecular formula is C6H4FIN2O. The summed E-state index contributed by atoms with van der Waals surface area (Å²) in [6.45, 7) is 0. The van der Waals surface area contributed by atoms with E-state index in [2.05, 4.69) is 4.98 Å². The number of carbonyl (C=O) groups excluding carboxylic acids is 1. The van der Waals surface area contributed by atoms with Crippen LogP contribution in [0, 0.1) is 9.52 Å². The summed E-state index contributed by atoms with van der Waals surface area (Å²) in [6.07, 6.45) is 1.34. The van der Waals surface area contributed by atoms with Crippen LogP contribution in [-0.4, -0.2) is 10.9 Å². The van der Waals surface area contributed by atoms with Crippen LogP contribution in [0.5, 0.6) is 0 Å². The van der Waals surface area contributed by atoms with Crippen molar-refractivity contribution in [2.24, 2.45) is 5.73 Å². The van der Waals surface area contributed by atoms with E-state index in [1.165, 1.54) is 12.3 Å². The maximum absolute atomic E-state index is 12.9. The Kier molecular flexibility index (Phi) is 2.38. The first-order valence-corrected chi connectivity index (χ1v) is 3.80. The van der Waals surface area contributed by atoms with Gasteiger partial charge in [0.2, 0.25) is 0 Å². The Bertz CT molecular complexity index is 303. The van der Waals surface area contributed by atoms with Crippen LogP contribution in [0.25, 0.3) is 0 Å². The maximum atomic E-state index is 12.9. The second-order valence-corrected chi connectivity index (χ2v) is 2.85. The number of carbonyl (C=O) groups is 1. The summed E-state index contributed by atoms with van der Waals surface area (Å²) in [6, 6.07) is 1.25. The molecule has 0 aliphatic heterocycles. The minimum absolute atomic E-state index is 0.121. The maximum Gasteiger partial charge on any atom is 0.251 e. The number of nitrogens with zero attached hydrogens (tertiary/aromatic N) is 1. The fraction of sp³-hybridized carbons (Fsp3) is 0. The van der Waals surface area contributed by atoms with Gasteiger partial charge < -0.3 is 5.73 Å². The summed E-state index contributed by atoms with van der Waals surface area (Å²) in [4.78, 5) is 14.2. The van der Waals surface area contributed by atoms with Gasteiger partial charge in [0.1, 0.15) is 3.70 Å². The van der Waals surface area contributed by atoms with Crippen LogP contribution >= 0.6 is 22.6 Å². The van der Waals surface area contributed by atoms with Crippen LogP contribution < -0.4 is 5.73 Å². The van der Waals surface area contributed by atoms with Crippen LogP contribution in [0.4, 0.5) is 4.39 Å². The van der Waals surface area contributed by atoms with Gasteiger partial charge >= 0.3 is 0 Å². The van der Waals surface area contributed by atoms with Gasteiger partial charge in [-0.1, -0.05) is 0 Å². The van der Waals surface area contributed by atoms with E-state index in [1.807, 2.05) is 0 Å². The fourth-order valence-corrected chi connectivity index (χ4v) is 1.06. The molecule has 58 valence electrons. The first kappa shape index (κ1) is 8.38. The number of halogens is 2. The van der Waals surface area contributed by atoms with Gasteiger partial charge in [-0.25, -0.2) is 9.37 Å². The molecule has 0 radical (unpaired) electrons. The van der Waals surface area contributed by atoms with E-state index in [0.717, 1.165) is 0 Å². The second-order valence-electron chi connectivity index (χ2n) is 1.83. The Morgan fingerprint density at radius 3 is 2.82 bits per heavy atom. The van der Waals surface area contributed by atoms with Crippen molar-refractivity contribution in [3.8, 4) is 0 Å². The van der Waals surface area contributed by atoms with Crippen LogP contribution in [-0.2, 0) is 0 Å². The van der Waals surface area contributed by atoms with Crippen LogP contribution in [0.3, 0.4) is 0 Å². The van der Waals surface area contributed by atoms with E-state index in [4.69, 9.17) is 5.73 Å². The summed E-state index contributed by atoms with van der Waals surface area (Å²) in [7, 11) is 0. The number of hydrogen-bond acceptors (Lipinski definition) is 2. The molecule has 0 bridgehead atoms. The Morgan fingerprint density at radius 2 is 2.36 bits per heavy atom. The summed E-state index contributed by atoms with van der Waals surface area (Å²) >= 11 is 1.69. The van der Waals surface area contributed by atoms with Crippen molar-refractivity contribution in [1.82, 2.24) is 4.98 Å². The molecule has 1 rings (SSSR count). The van der Waals surface area contributed by atoms with Gasteiger partial charge in [-0.3, -0.25) is 4.79 Å². The molecule has 1 aromatic rings. The number of hydrogen-bond donors (Lipinski definition) is 1. The summed E-state index contributed by atoms with van der Waals surface area (Å²) in [5.41, 5.74) is 4.75. The predicted molar refractivity (Wildman–Crippen MR) is 45.4 cm³/mol. The lowest BCUT2D eigenvalue weighted by atomic mass is 10.2. The van der Waals surface area contributed by atoms with E-state index in [1.54, 1.807) is 22.6 Å². The van der Waals surface area contributed by atoms with Crippen molar-refractivity contribution >= 4 is 28.5 Å². The minimum Gasteiger partial charge on any atom is -0.366 e. The molecule has 1 amide bonds. The minimum atomic E-state index is -0.775. The topological polar surface area (TPSA) is 56.0 Å². The Hall–Kier alpha value is -0.720. The van der Waals surface area contributed by atoms with Gasteiger partial charge in [-0.05, 0) is 28.7 Å². The molecule has 5 heteroatoms. The zero-order valence-electron chi connectivity index (χ0n) is 5.34. The highest BCUT2D eigenvalue weighted by Crippen LogP contribution is 2.10. The van der Waals surface area contributed by atoms with Gasteiger partial charge in [-0.2, -0.15) is 0 Å². The molecule has 0 fully saturated rings. The zero-order chi connectivity index (χ0) is 8.43. The van der Waals surface area contributed by atoms with Crippen molar-refractivity contribution in [3.05, 3.63) is 27.3 Å². The Morgan fingerprint density at radius 1 is 1.73 bits per heavy atom. The normalized spacial score (nSPS) is 9.64. The number of aromatic nitrogens is 1. The number of primary amides is 1. The molecule has 3 nitrogen and oxygen atoms in total. The standard InChI is InChI=1S/C6H4FIN2O/c7-4-3(6(9)11)1-2-10-5(4)8/h1-2H,(H2,9,11). The molecule has 0 aliphatic rings. The number of amides is 1. The molecule has 0 aromatic carbocycles. The lowest BCUT2D eigenvalue weighted by Crippen LogP contribution is -2.14. The average molecular weight is 266 g/mol. The monoisotopic (exact) mass is 266 g/mol. The van der Waals surface area contributed by atoms with E-state index in [9.17, 15) is 9.18 Å². The summed E-state index contributed by atoms with van der Waals surface area (Å²) < 4.78 is 13.0. The van der Waals surface area contributed by atoms with Crippen molar-refractivity contribution in [2.45, 2.75) is 0 Å². The molecular weight excluding hydrogens is 262 g/mol. The van der Waals surface area contributed by atoms with Crippen molar-refractivity contribution in [1.29, 1.82) is 0 Å². The molecule has 0 unspecified atom stereocenters.